The Hall–Kier alpha value is -2.91. The number of nitrogens with one attached hydrogen (secondary N) is 1. The van der Waals surface area contributed by atoms with Crippen molar-refractivity contribution in [3.63, 3.8) is 0 Å². The van der Waals surface area contributed by atoms with Gasteiger partial charge in [-0.15, -0.1) is 5.10 Å². The summed E-state index contributed by atoms with van der Waals surface area (Å²) in [5.41, 5.74) is 2.97. The van der Waals surface area contributed by atoms with Gasteiger partial charge < -0.3 is 5.32 Å². The van der Waals surface area contributed by atoms with Crippen molar-refractivity contribution < 1.29 is 13.2 Å². The van der Waals surface area contributed by atoms with Crippen LogP contribution in [0.2, 0.25) is 5.02 Å². The van der Waals surface area contributed by atoms with Crippen LogP contribution in [0.15, 0.2) is 48.5 Å². The van der Waals surface area contributed by atoms with Gasteiger partial charge in [0.05, 0.1) is 27.8 Å². The van der Waals surface area contributed by atoms with E-state index in [1.165, 1.54) is 8.99 Å². The number of aromatic nitrogens is 3. The van der Waals surface area contributed by atoms with Crippen LogP contribution < -0.4 is 9.62 Å². The van der Waals surface area contributed by atoms with Gasteiger partial charge in [0.2, 0.25) is 10.0 Å². The highest BCUT2D eigenvalue weighted by atomic mass is 35.5. The van der Waals surface area contributed by atoms with E-state index in [4.69, 9.17) is 11.6 Å². The molecule has 0 atom stereocenters. The number of hydrogen-bond donors (Lipinski definition) is 1. The predicted molar refractivity (Wildman–Crippen MR) is 115 cm³/mol. The first-order valence-corrected chi connectivity index (χ1v) is 11.4. The maximum atomic E-state index is 12.7. The normalized spacial score (nSPS) is 13.3. The first kappa shape index (κ1) is 20.4. The summed E-state index contributed by atoms with van der Waals surface area (Å²) in [6, 6.07) is 14.5. The molecule has 0 bridgehead atoms. The smallest absolute Gasteiger partial charge is 0.273 e. The van der Waals surface area contributed by atoms with E-state index in [-0.39, 0.29) is 18.0 Å². The molecule has 0 unspecified atom stereocenters. The van der Waals surface area contributed by atoms with Gasteiger partial charge in [0.15, 0.2) is 5.69 Å². The van der Waals surface area contributed by atoms with Gasteiger partial charge in [-0.3, -0.25) is 9.10 Å². The highest BCUT2D eigenvalue weighted by molar-refractivity contribution is 7.92. The molecule has 156 valence electrons. The lowest BCUT2D eigenvalue weighted by molar-refractivity contribution is 0.0950. The Morgan fingerprint density at radius 3 is 2.60 bits per heavy atom. The van der Waals surface area contributed by atoms with E-state index in [2.05, 4.69) is 15.6 Å². The molecule has 0 saturated carbocycles. The molecule has 1 aromatic heterocycles. The van der Waals surface area contributed by atoms with E-state index in [1.54, 1.807) is 31.2 Å². The van der Waals surface area contributed by atoms with Crippen LogP contribution in [0.4, 0.5) is 5.69 Å². The first-order valence-electron chi connectivity index (χ1n) is 9.42. The molecule has 1 amide bonds. The number of fused-ring (bicyclic) bond motifs is 1. The number of carbonyl (C=O) groups excluding carboxylic acids is 1. The Labute approximate surface area is 179 Å². The van der Waals surface area contributed by atoms with Crippen molar-refractivity contribution in [1.29, 1.82) is 0 Å². The number of amides is 1. The van der Waals surface area contributed by atoms with E-state index < -0.39 is 15.9 Å². The van der Waals surface area contributed by atoms with Crippen LogP contribution in [0.3, 0.4) is 0 Å². The lowest BCUT2D eigenvalue weighted by atomic mass is 10.2. The monoisotopic (exact) mass is 445 g/mol. The van der Waals surface area contributed by atoms with E-state index in [1.807, 2.05) is 24.3 Å². The zero-order valence-corrected chi connectivity index (χ0v) is 17.8. The minimum Gasteiger partial charge on any atom is -0.349 e. The van der Waals surface area contributed by atoms with Gasteiger partial charge in [-0.05, 0) is 37.1 Å². The molecule has 0 fully saturated rings. The van der Waals surface area contributed by atoms with Crippen LogP contribution in [0, 0.1) is 6.92 Å². The van der Waals surface area contributed by atoms with Gasteiger partial charge in [0, 0.05) is 13.1 Å². The molecule has 30 heavy (non-hydrogen) atoms. The minimum atomic E-state index is -3.54. The third kappa shape index (κ3) is 3.78. The topological polar surface area (TPSA) is 97.2 Å². The molecule has 0 spiro atoms. The third-order valence-electron chi connectivity index (χ3n) is 5.02. The minimum absolute atomic E-state index is 0.0295. The molecule has 1 aliphatic rings. The molecule has 10 heteroatoms. The Balaban J connectivity index is 1.42. The number of hydrogen-bond acceptors (Lipinski definition) is 5. The molecule has 0 saturated heterocycles. The van der Waals surface area contributed by atoms with E-state index >= 15 is 0 Å². The average Bonchev–Trinajstić information content (AvgIpc) is 3.32. The standard InChI is InChI=1S/C20H20ClN5O3S/c1-14-19(23-24-26(14)18-9-5-3-7-16(18)21)20(27)22-11-13-30(28,29)25-12-10-15-6-2-4-8-17(15)25/h2-9H,10-13H2,1H3,(H,22,27). The number of para-hydroxylation sites is 2. The number of nitrogens with zero attached hydrogens (tertiary/aromatic N) is 4. The van der Waals surface area contributed by atoms with Gasteiger partial charge in [0.1, 0.15) is 0 Å². The zero-order chi connectivity index (χ0) is 21.3. The maximum Gasteiger partial charge on any atom is 0.273 e. The van der Waals surface area contributed by atoms with Crippen LogP contribution >= 0.6 is 11.6 Å². The van der Waals surface area contributed by atoms with Crippen LogP contribution in [-0.2, 0) is 16.4 Å². The Kier molecular flexibility index (Phi) is 5.48. The molecule has 2 heterocycles. The van der Waals surface area contributed by atoms with Crippen molar-refractivity contribution in [1.82, 2.24) is 20.3 Å². The van der Waals surface area contributed by atoms with Crippen LogP contribution in [0.25, 0.3) is 5.69 Å². The molecule has 3 aromatic rings. The summed E-state index contributed by atoms with van der Waals surface area (Å²) < 4.78 is 28.4. The second-order valence-electron chi connectivity index (χ2n) is 6.91. The van der Waals surface area contributed by atoms with E-state index in [9.17, 15) is 13.2 Å². The third-order valence-corrected chi connectivity index (χ3v) is 7.11. The fourth-order valence-corrected chi connectivity index (χ4v) is 5.12. The summed E-state index contributed by atoms with van der Waals surface area (Å²) >= 11 is 6.19. The lowest BCUT2D eigenvalue weighted by Gasteiger charge is -2.19. The number of benzene rings is 2. The van der Waals surface area contributed by atoms with Gasteiger partial charge >= 0.3 is 0 Å². The van der Waals surface area contributed by atoms with Crippen molar-refractivity contribution in [2.75, 3.05) is 23.1 Å². The summed E-state index contributed by atoms with van der Waals surface area (Å²) in [7, 11) is -3.54. The summed E-state index contributed by atoms with van der Waals surface area (Å²) in [5.74, 6) is -0.687. The second-order valence-corrected chi connectivity index (χ2v) is 9.33. The second kappa shape index (κ2) is 8.08. The quantitative estimate of drug-likeness (QED) is 0.628. The fraction of sp³-hybridized carbons (Fsp3) is 0.250. The fourth-order valence-electron chi connectivity index (χ4n) is 3.48. The molecule has 1 aliphatic heterocycles. The Morgan fingerprint density at radius 1 is 1.13 bits per heavy atom. The predicted octanol–water partition coefficient (Wildman–Crippen LogP) is 2.35. The molecule has 4 rings (SSSR count). The van der Waals surface area contributed by atoms with Gasteiger partial charge in [0.25, 0.3) is 5.91 Å². The summed E-state index contributed by atoms with van der Waals surface area (Å²) in [6.45, 7) is 2.09. The summed E-state index contributed by atoms with van der Waals surface area (Å²) in [5, 5.41) is 11.1. The van der Waals surface area contributed by atoms with E-state index in [0.29, 0.717) is 35.1 Å². The number of sulfonamides is 1. The summed E-state index contributed by atoms with van der Waals surface area (Å²) in [4.78, 5) is 12.5. The summed E-state index contributed by atoms with van der Waals surface area (Å²) in [6.07, 6.45) is 0.687. The SMILES string of the molecule is Cc1c(C(=O)NCCS(=O)(=O)N2CCc3ccccc32)nnn1-c1ccccc1Cl. The molecule has 0 radical (unpaired) electrons. The van der Waals surface area contributed by atoms with Gasteiger partial charge in [-0.25, -0.2) is 13.1 Å². The van der Waals surface area contributed by atoms with Crippen LogP contribution in [0.5, 0.6) is 0 Å². The van der Waals surface area contributed by atoms with Crippen molar-refractivity contribution in [3.8, 4) is 5.69 Å². The maximum absolute atomic E-state index is 12.7. The number of rotatable bonds is 6. The van der Waals surface area contributed by atoms with Crippen molar-refractivity contribution in [2.24, 2.45) is 0 Å². The van der Waals surface area contributed by atoms with Crippen molar-refractivity contribution >= 4 is 33.2 Å². The first-order chi connectivity index (χ1) is 14.4. The van der Waals surface area contributed by atoms with Crippen molar-refractivity contribution in [2.45, 2.75) is 13.3 Å². The Morgan fingerprint density at radius 2 is 1.83 bits per heavy atom. The van der Waals surface area contributed by atoms with Crippen LogP contribution in [0.1, 0.15) is 21.7 Å². The van der Waals surface area contributed by atoms with Crippen LogP contribution in [-0.4, -0.2) is 48.2 Å². The highest BCUT2D eigenvalue weighted by Gasteiger charge is 2.29. The number of anilines is 1. The average molecular weight is 446 g/mol. The van der Waals surface area contributed by atoms with Gasteiger partial charge in [-0.2, -0.15) is 0 Å². The molecule has 0 aliphatic carbocycles. The Bertz CT molecular complexity index is 1210. The number of halogens is 1. The molecular weight excluding hydrogens is 426 g/mol. The molecular formula is C20H20ClN5O3S. The highest BCUT2D eigenvalue weighted by Crippen LogP contribution is 2.29. The molecule has 2 aromatic carbocycles. The lowest BCUT2D eigenvalue weighted by Crippen LogP contribution is -2.37. The zero-order valence-electron chi connectivity index (χ0n) is 16.2. The largest absolute Gasteiger partial charge is 0.349 e. The van der Waals surface area contributed by atoms with Crippen molar-refractivity contribution in [3.05, 3.63) is 70.5 Å². The van der Waals surface area contributed by atoms with Gasteiger partial charge in [-0.1, -0.05) is 47.1 Å². The van der Waals surface area contributed by atoms with E-state index in [0.717, 1.165) is 5.56 Å². The molecule has 1 N–H and O–H groups in total. The molecule has 8 nitrogen and oxygen atoms in total. The number of carbonyl (C=O) groups is 1.